The summed E-state index contributed by atoms with van der Waals surface area (Å²) in [6, 6.07) is 13.4. The molecular formula is C20H16N2O5S. The van der Waals surface area contributed by atoms with E-state index in [1.165, 1.54) is 18.2 Å². The molecule has 0 spiro atoms. The lowest BCUT2D eigenvalue weighted by Gasteiger charge is -2.13. The molecule has 1 heterocycles. The Morgan fingerprint density at radius 1 is 1.14 bits per heavy atom. The molecule has 3 amide bonds. The SMILES string of the molecule is Cc1cccc(/C=C2\SC(=O)N(CC(=O)Nc3ccccc3C(=O)O)C2=O)c1. The molecule has 0 aliphatic carbocycles. The number of anilines is 1. The molecule has 1 aliphatic heterocycles. The number of aromatic carboxylic acids is 1. The van der Waals surface area contributed by atoms with E-state index in [-0.39, 0.29) is 16.2 Å². The smallest absolute Gasteiger partial charge is 0.337 e. The second kappa shape index (κ2) is 8.10. The van der Waals surface area contributed by atoms with Gasteiger partial charge in [0.05, 0.1) is 16.2 Å². The van der Waals surface area contributed by atoms with E-state index in [0.29, 0.717) is 0 Å². The number of hydrogen-bond acceptors (Lipinski definition) is 5. The Morgan fingerprint density at radius 3 is 2.61 bits per heavy atom. The van der Waals surface area contributed by atoms with Crippen LogP contribution in [0.4, 0.5) is 10.5 Å². The van der Waals surface area contributed by atoms with Crippen molar-refractivity contribution in [2.45, 2.75) is 6.92 Å². The van der Waals surface area contributed by atoms with E-state index >= 15 is 0 Å². The van der Waals surface area contributed by atoms with Crippen LogP contribution in [0.1, 0.15) is 21.5 Å². The molecule has 0 unspecified atom stereocenters. The zero-order valence-corrected chi connectivity index (χ0v) is 15.7. The lowest BCUT2D eigenvalue weighted by atomic mass is 10.1. The van der Waals surface area contributed by atoms with Gasteiger partial charge in [-0.05, 0) is 42.5 Å². The minimum Gasteiger partial charge on any atom is -0.478 e. The van der Waals surface area contributed by atoms with E-state index in [0.717, 1.165) is 27.8 Å². The third-order valence-electron chi connectivity index (χ3n) is 3.95. The molecule has 28 heavy (non-hydrogen) atoms. The van der Waals surface area contributed by atoms with Crippen molar-refractivity contribution in [3.05, 3.63) is 70.1 Å². The van der Waals surface area contributed by atoms with Crippen LogP contribution in [0.5, 0.6) is 0 Å². The number of imide groups is 1. The molecule has 0 saturated carbocycles. The van der Waals surface area contributed by atoms with Gasteiger partial charge in [0, 0.05) is 0 Å². The number of carboxylic acid groups (broad SMARTS) is 1. The molecule has 1 aliphatic rings. The van der Waals surface area contributed by atoms with E-state index in [1.54, 1.807) is 12.1 Å². The Labute approximate surface area is 165 Å². The molecule has 3 rings (SSSR count). The normalized spacial score (nSPS) is 15.2. The van der Waals surface area contributed by atoms with Crippen molar-refractivity contribution in [1.29, 1.82) is 0 Å². The fourth-order valence-corrected chi connectivity index (χ4v) is 3.50. The highest BCUT2D eigenvalue weighted by atomic mass is 32.2. The topological polar surface area (TPSA) is 104 Å². The fraction of sp³-hybridized carbons (Fsp3) is 0.100. The van der Waals surface area contributed by atoms with Crippen LogP contribution in [0.2, 0.25) is 0 Å². The number of rotatable bonds is 5. The first-order valence-electron chi connectivity index (χ1n) is 8.29. The van der Waals surface area contributed by atoms with Crippen LogP contribution in [-0.4, -0.2) is 39.6 Å². The molecule has 0 atom stereocenters. The summed E-state index contributed by atoms with van der Waals surface area (Å²) in [4.78, 5) is 49.2. The summed E-state index contributed by atoms with van der Waals surface area (Å²) in [6.07, 6.45) is 1.61. The second-order valence-corrected chi connectivity index (χ2v) is 7.07. The molecule has 0 aromatic heterocycles. The number of nitrogens with one attached hydrogen (secondary N) is 1. The zero-order valence-electron chi connectivity index (χ0n) is 14.8. The molecule has 1 saturated heterocycles. The van der Waals surface area contributed by atoms with Gasteiger partial charge in [0.25, 0.3) is 11.1 Å². The van der Waals surface area contributed by atoms with Crippen LogP contribution < -0.4 is 5.32 Å². The molecule has 0 bridgehead atoms. The Morgan fingerprint density at radius 2 is 1.89 bits per heavy atom. The van der Waals surface area contributed by atoms with E-state index in [9.17, 15) is 19.2 Å². The summed E-state index contributed by atoms with van der Waals surface area (Å²) in [5, 5.41) is 11.0. The number of para-hydroxylation sites is 1. The van der Waals surface area contributed by atoms with Gasteiger partial charge in [0.15, 0.2) is 0 Å². The highest BCUT2D eigenvalue weighted by molar-refractivity contribution is 8.18. The van der Waals surface area contributed by atoms with E-state index in [1.807, 2.05) is 31.2 Å². The maximum absolute atomic E-state index is 12.5. The van der Waals surface area contributed by atoms with Gasteiger partial charge in [-0.3, -0.25) is 19.3 Å². The first kappa shape index (κ1) is 19.4. The Balaban J connectivity index is 1.73. The van der Waals surface area contributed by atoms with Gasteiger partial charge in [0.2, 0.25) is 5.91 Å². The first-order valence-corrected chi connectivity index (χ1v) is 9.11. The van der Waals surface area contributed by atoms with Crippen LogP contribution in [0.3, 0.4) is 0 Å². The Bertz CT molecular complexity index is 1020. The third kappa shape index (κ3) is 4.29. The highest BCUT2D eigenvalue weighted by Crippen LogP contribution is 2.32. The lowest BCUT2D eigenvalue weighted by molar-refractivity contribution is -0.127. The van der Waals surface area contributed by atoms with Gasteiger partial charge in [0.1, 0.15) is 6.54 Å². The molecule has 0 radical (unpaired) electrons. The number of carbonyl (C=O) groups is 4. The maximum Gasteiger partial charge on any atom is 0.337 e. The van der Waals surface area contributed by atoms with Crippen LogP contribution in [0, 0.1) is 6.92 Å². The molecule has 8 heteroatoms. The summed E-state index contributed by atoms with van der Waals surface area (Å²) in [6.45, 7) is 1.42. The van der Waals surface area contributed by atoms with Crippen LogP contribution in [0.25, 0.3) is 6.08 Å². The predicted molar refractivity (Wildman–Crippen MR) is 106 cm³/mol. The fourth-order valence-electron chi connectivity index (χ4n) is 2.66. The van der Waals surface area contributed by atoms with Crippen molar-refractivity contribution in [3.63, 3.8) is 0 Å². The monoisotopic (exact) mass is 396 g/mol. The quantitative estimate of drug-likeness (QED) is 0.751. The summed E-state index contributed by atoms with van der Waals surface area (Å²) >= 11 is 0.763. The number of amides is 3. The number of carbonyl (C=O) groups excluding carboxylic acids is 3. The summed E-state index contributed by atoms with van der Waals surface area (Å²) in [5.41, 5.74) is 1.82. The van der Waals surface area contributed by atoms with Crippen molar-refractivity contribution in [2.75, 3.05) is 11.9 Å². The van der Waals surface area contributed by atoms with Crippen molar-refractivity contribution < 1.29 is 24.3 Å². The molecule has 1 fully saturated rings. The number of carboxylic acids is 1. The Kier molecular flexibility index (Phi) is 5.60. The molecule has 2 aromatic rings. The van der Waals surface area contributed by atoms with E-state index in [4.69, 9.17) is 5.11 Å². The lowest BCUT2D eigenvalue weighted by Crippen LogP contribution is -2.36. The van der Waals surface area contributed by atoms with Crippen molar-refractivity contribution >= 4 is 46.5 Å². The van der Waals surface area contributed by atoms with E-state index < -0.39 is 29.6 Å². The van der Waals surface area contributed by atoms with Gasteiger partial charge in [-0.1, -0.05) is 42.0 Å². The predicted octanol–water partition coefficient (Wildman–Crippen LogP) is 3.37. The maximum atomic E-state index is 12.5. The summed E-state index contributed by atoms with van der Waals surface area (Å²) in [5.74, 6) is -2.41. The number of hydrogen-bond donors (Lipinski definition) is 2. The highest BCUT2D eigenvalue weighted by Gasteiger charge is 2.36. The molecular weight excluding hydrogens is 380 g/mol. The van der Waals surface area contributed by atoms with Crippen molar-refractivity contribution in [1.82, 2.24) is 4.90 Å². The zero-order chi connectivity index (χ0) is 20.3. The summed E-state index contributed by atoms with van der Waals surface area (Å²) in [7, 11) is 0. The standard InChI is InChI=1S/C20H16N2O5S/c1-12-5-4-6-13(9-12)10-16-18(24)22(20(27)28-16)11-17(23)21-15-8-3-2-7-14(15)19(25)26/h2-10H,11H2,1H3,(H,21,23)(H,25,26)/b16-10-. The minimum atomic E-state index is -1.19. The number of thioether (sulfide) groups is 1. The number of aryl methyl sites for hydroxylation is 1. The third-order valence-corrected chi connectivity index (χ3v) is 4.85. The second-order valence-electron chi connectivity index (χ2n) is 6.08. The average Bonchev–Trinajstić information content (AvgIpc) is 2.89. The molecule has 2 aromatic carbocycles. The van der Waals surface area contributed by atoms with E-state index in [2.05, 4.69) is 5.32 Å². The van der Waals surface area contributed by atoms with Gasteiger partial charge < -0.3 is 10.4 Å². The van der Waals surface area contributed by atoms with Gasteiger partial charge in [-0.2, -0.15) is 0 Å². The van der Waals surface area contributed by atoms with Crippen molar-refractivity contribution in [3.8, 4) is 0 Å². The number of benzene rings is 2. The average molecular weight is 396 g/mol. The first-order chi connectivity index (χ1) is 13.3. The molecule has 142 valence electrons. The summed E-state index contributed by atoms with van der Waals surface area (Å²) < 4.78 is 0. The largest absolute Gasteiger partial charge is 0.478 e. The van der Waals surface area contributed by atoms with Gasteiger partial charge in [-0.15, -0.1) is 0 Å². The molecule has 2 N–H and O–H groups in total. The van der Waals surface area contributed by atoms with Gasteiger partial charge >= 0.3 is 5.97 Å². The van der Waals surface area contributed by atoms with Crippen LogP contribution in [-0.2, 0) is 9.59 Å². The molecule has 7 nitrogen and oxygen atoms in total. The Hall–Kier alpha value is -3.39. The van der Waals surface area contributed by atoms with Crippen LogP contribution in [0.15, 0.2) is 53.4 Å². The number of nitrogens with zero attached hydrogens (tertiary/aromatic N) is 1. The van der Waals surface area contributed by atoms with Crippen molar-refractivity contribution in [2.24, 2.45) is 0 Å². The minimum absolute atomic E-state index is 0.0793. The van der Waals surface area contributed by atoms with Gasteiger partial charge in [-0.25, -0.2) is 4.79 Å². The van der Waals surface area contributed by atoms with Crippen LogP contribution >= 0.6 is 11.8 Å².